The van der Waals surface area contributed by atoms with Crippen molar-refractivity contribution in [2.75, 3.05) is 11.9 Å². The molecule has 2 aromatic rings. The third-order valence-electron chi connectivity index (χ3n) is 3.14. The number of hydrogen-bond acceptors (Lipinski definition) is 7. The standard InChI is InChI=1S/C19H19NO6S/c1-3-24-19(23)26-13(2)25-18(22)15-8-4-5-9-16(15)20-17(21)11-10-14-7-6-12-27-14/h4-13H,3H2,1-2H3,(H,20,21). The van der Waals surface area contributed by atoms with Crippen LogP contribution >= 0.6 is 11.3 Å². The van der Waals surface area contributed by atoms with Gasteiger partial charge >= 0.3 is 12.1 Å². The molecule has 1 amide bonds. The van der Waals surface area contributed by atoms with Gasteiger partial charge in [-0.15, -0.1) is 11.3 Å². The highest BCUT2D eigenvalue weighted by molar-refractivity contribution is 7.10. The highest BCUT2D eigenvalue weighted by atomic mass is 32.1. The van der Waals surface area contributed by atoms with Gasteiger partial charge in [-0.1, -0.05) is 18.2 Å². The lowest BCUT2D eigenvalue weighted by Crippen LogP contribution is -2.23. The van der Waals surface area contributed by atoms with Crippen LogP contribution in [0.25, 0.3) is 6.08 Å². The molecule has 0 fully saturated rings. The number of esters is 1. The smallest absolute Gasteiger partial charge is 0.435 e. The third kappa shape index (κ3) is 6.59. The Morgan fingerprint density at radius 1 is 1.15 bits per heavy atom. The second kappa shape index (κ2) is 10.1. The Hall–Kier alpha value is -3.13. The van der Waals surface area contributed by atoms with E-state index in [0.29, 0.717) is 0 Å². The highest BCUT2D eigenvalue weighted by Crippen LogP contribution is 2.18. The predicted octanol–water partition coefficient (Wildman–Crippen LogP) is 4.08. The first-order valence-corrected chi connectivity index (χ1v) is 9.03. The molecule has 0 saturated heterocycles. The van der Waals surface area contributed by atoms with Crippen LogP contribution in [-0.4, -0.2) is 30.9 Å². The van der Waals surface area contributed by atoms with E-state index in [1.54, 1.807) is 31.2 Å². The van der Waals surface area contributed by atoms with E-state index < -0.39 is 18.4 Å². The molecule has 142 valence electrons. The number of hydrogen-bond donors (Lipinski definition) is 1. The van der Waals surface area contributed by atoms with Crippen molar-refractivity contribution in [3.8, 4) is 0 Å². The first-order chi connectivity index (χ1) is 13.0. The molecule has 27 heavy (non-hydrogen) atoms. The Labute approximate surface area is 160 Å². The number of para-hydroxylation sites is 1. The zero-order valence-electron chi connectivity index (χ0n) is 14.8. The summed E-state index contributed by atoms with van der Waals surface area (Å²) in [6.45, 7) is 3.16. The number of benzene rings is 1. The summed E-state index contributed by atoms with van der Waals surface area (Å²) in [4.78, 5) is 36.6. The average molecular weight is 389 g/mol. The Morgan fingerprint density at radius 2 is 1.93 bits per heavy atom. The molecule has 1 aromatic carbocycles. The topological polar surface area (TPSA) is 90.9 Å². The van der Waals surface area contributed by atoms with Gasteiger partial charge in [-0.05, 0) is 36.6 Å². The van der Waals surface area contributed by atoms with Gasteiger partial charge in [0.2, 0.25) is 12.2 Å². The number of rotatable bonds is 7. The fraction of sp³-hybridized carbons (Fsp3) is 0.211. The van der Waals surface area contributed by atoms with E-state index in [-0.39, 0.29) is 23.8 Å². The summed E-state index contributed by atoms with van der Waals surface area (Å²) >= 11 is 1.50. The molecule has 1 atom stereocenters. The number of nitrogens with one attached hydrogen (secondary N) is 1. The van der Waals surface area contributed by atoms with E-state index in [1.165, 1.54) is 30.4 Å². The van der Waals surface area contributed by atoms with Crippen LogP contribution in [0.3, 0.4) is 0 Å². The maximum atomic E-state index is 12.3. The van der Waals surface area contributed by atoms with Crippen molar-refractivity contribution >= 4 is 41.1 Å². The van der Waals surface area contributed by atoms with Crippen molar-refractivity contribution in [2.24, 2.45) is 0 Å². The summed E-state index contributed by atoms with van der Waals surface area (Å²) in [5.74, 6) is -1.13. The van der Waals surface area contributed by atoms with Crippen LogP contribution in [0.1, 0.15) is 29.1 Å². The number of carbonyl (C=O) groups excluding carboxylic acids is 3. The molecule has 0 bridgehead atoms. The van der Waals surface area contributed by atoms with Crippen LogP contribution in [0.2, 0.25) is 0 Å². The molecule has 7 nitrogen and oxygen atoms in total. The minimum absolute atomic E-state index is 0.134. The van der Waals surface area contributed by atoms with Gasteiger partial charge in [-0.2, -0.15) is 0 Å². The molecule has 0 aliphatic heterocycles. The Bertz CT molecular complexity index is 815. The molecule has 0 spiro atoms. The molecule has 1 heterocycles. The Kier molecular flexibility index (Phi) is 7.57. The maximum Gasteiger partial charge on any atom is 0.511 e. The minimum Gasteiger partial charge on any atom is -0.435 e. The maximum absolute atomic E-state index is 12.3. The third-order valence-corrected chi connectivity index (χ3v) is 3.98. The second-order valence-electron chi connectivity index (χ2n) is 5.16. The van der Waals surface area contributed by atoms with Crippen molar-refractivity contribution < 1.29 is 28.6 Å². The largest absolute Gasteiger partial charge is 0.511 e. The SMILES string of the molecule is CCOC(=O)OC(C)OC(=O)c1ccccc1NC(=O)C=Cc1cccs1. The molecule has 0 aliphatic carbocycles. The van der Waals surface area contributed by atoms with Crippen molar-refractivity contribution in [3.63, 3.8) is 0 Å². The van der Waals surface area contributed by atoms with E-state index in [9.17, 15) is 14.4 Å². The summed E-state index contributed by atoms with van der Waals surface area (Å²) in [5, 5.41) is 4.54. The quantitative estimate of drug-likeness (QED) is 0.436. The van der Waals surface area contributed by atoms with Gasteiger partial charge in [-0.3, -0.25) is 4.79 Å². The van der Waals surface area contributed by atoms with E-state index in [0.717, 1.165) is 4.88 Å². The van der Waals surface area contributed by atoms with Crippen molar-refractivity contribution in [1.29, 1.82) is 0 Å². The van der Waals surface area contributed by atoms with Crippen molar-refractivity contribution in [1.82, 2.24) is 0 Å². The molecule has 0 saturated carbocycles. The van der Waals surface area contributed by atoms with E-state index >= 15 is 0 Å². The summed E-state index contributed by atoms with van der Waals surface area (Å²) in [6, 6.07) is 10.1. The predicted molar refractivity (Wildman–Crippen MR) is 101 cm³/mol. The van der Waals surface area contributed by atoms with Gasteiger partial charge in [-0.25, -0.2) is 9.59 Å². The summed E-state index contributed by atoms with van der Waals surface area (Å²) < 4.78 is 14.5. The summed E-state index contributed by atoms with van der Waals surface area (Å²) in [6.07, 6.45) is 0.980. The van der Waals surface area contributed by atoms with Gasteiger partial charge < -0.3 is 19.5 Å². The van der Waals surface area contributed by atoms with E-state index in [4.69, 9.17) is 9.47 Å². The first kappa shape index (κ1) is 20.2. The van der Waals surface area contributed by atoms with E-state index in [1.807, 2.05) is 17.5 Å². The molecule has 1 unspecified atom stereocenters. The number of carbonyl (C=O) groups is 3. The van der Waals surface area contributed by atoms with Crippen molar-refractivity contribution in [2.45, 2.75) is 20.1 Å². The first-order valence-electron chi connectivity index (χ1n) is 8.15. The van der Waals surface area contributed by atoms with Crippen LogP contribution in [0.4, 0.5) is 10.5 Å². The number of ether oxygens (including phenoxy) is 3. The minimum atomic E-state index is -1.14. The van der Waals surface area contributed by atoms with Gasteiger partial charge in [0.1, 0.15) is 0 Å². The molecule has 2 rings (SSSR count). The van der Waals surface area contributed by atoms with Gasteiger partial charge in [0.15, 0.2) is 0 Å². The second-order valence-corrected chi connectivity index (χ2v) is 6.14. The fourth-order valence-corrected chi connectivity index (χ4v) is 2.63. The van der Waals surface area contributed by atoms with Crippen LogP contribution in [-0.2, 0) is 19.0 Å². The number of anilines is 1. The number of amides is 1. The number of thiophene rings is 1. The molecule has 0 radical (unpaired) electrons. The molecule has 1 N–H and O–H groups in total. The lowest BCUT2D eigenvalue weighted by atomic mass is 10.2. The zero-order chi connectivity index (χ0) is 19.6. The highest BCUT2D eigenvalue weighted by Gasteiger charge is 2.19. The monoisotopic (exact) mass is 389 g/mol. The summed E-state index contributed by atoms with van der Waals surface area (Å²) in [7, 11) is 0. The normalized spacial score (nSPS) is 11.6. The lowest BCUT2D eigenvalue weighted by Gasteiger charge is -2.15. The van der Waals surface area contributed by atoms with Crippen molar-refractivity contribution in [3.05, 3.63) is 58.3 Å². The van der Waals surface area contributed by atoms with Gasteiger partial charge in [0.05, 0.1) is 17.9 Å². The Morgan fingerprint density at radius 3 is 2.63 bits per heavy atom. The zero-order valence-corrected chi connectivity index (χ0v) is 15.7. The van der Waals surface area contributed by atoms with E-state index in [2.05, 4.69) is 10.1 Å². The van der Waals surface area contributed by atoms with Gasteiger partial charge in [0.25, 0.3) is 0 Å². The molecule has 1 aromatic heterocycles. The van der Waals surface area contributed by atoms with Crippen LogP contribution in [0.15, 0.2) is 47.9 Å². The van der Waals surface area contributed by atoms with Crippen LogP contribution in [0.5, 0.6) is 0 Å². The fourth-order valence-electron chi connectivity index (χ4n) is 2.01. The Balaban J connectivity index is 2.00. The van der Waals surface area contributed by atoms with Gasteiger partial charge in [0, 0.05) is 17.9 Å². The summed E-state index contributed by atoms with van der Waals surface area (Å²) in [5.41, 5.74) is 0.418. The molecule has 0 aliphatic rings. The molecular formula is C19H19NO6S. The van der Waals surface area contributed by atoms with Crippen LogP contribution in [0, 0.1) is 0 Å². The van der Waals surface area contributed by atoms with Crippen LogP contribution < -0.4 is 5.32 Å². The molecule has 8 heteroatoms. The average Bonchev–Trinajstić information content (AvgIpc) is 3.14. The lowest BCUT2D eigenvalue weighted by molar-refractivity contribution is -0.111. The molecular weight excluding hydrogens is 370 g/mol.